The molecule has 0 saturated heterocycles. The highest BCUT2D eigenvalue weighted by molar-refractivity contribution is 6.26. The van der Waals surface area contributed by atoms with Gasteiger partial charge in [0.25, 0.3) is 0 Å². The summed E-state index contributed by atoms with van der Waals surface area (Å²) in [5, 5.41) is 0. The molecule has 0 heterocycles. The average Bonchev–Trinajstić information content (AvgIpc) is 2.58. The molecule has 0 aliphatic heterocycles. The molecule has 1 aromatic rings. The van der Waals surface area contributed by atoms with E-state index in [0.717, 1.165) is 18.4 Å². The van der Waals surface area contributed by atoms with Crippen LogP contribution in [0.3, 0.4) is 0 Å². The van der Waals surface area contributed by atoms with Gasteiger partial charge in [0, 0.05) is 12.0 Å². The van der Waals surface area contributed by atoms with Gasteiger partial charge in [-0.15, -0.1) is 0 Å². The summed E-state index contributed by atoms with van der Waals surface area (Å²) in [5.74, 6) is 0.301. The maximum absolute atomic E-state index is 11.9. The van der Waals surface area contributed by atoms with E-state index < -0.39 is 0 Å². The minimum absolute atomic E-state index is 0.301. The third-order valence-corrected chi connectivity index (χ3v) is 3.12. The normalized spacial score (nSPS) is 14.3. The highest BCUT2D eigenvalue weighted by Gasteiger charge is 2.25. The highest BCUT2D eigenvalue weighted by Crippen LogP contribution is 2.33. The molecular weight excluding hydrogens is 184 g/mol. The first-order chi connectivity index (χ1) is 7.27. The SMILES string of the molecule is CCC(CC)=C1C(=O)Cc2ccccc21. The molecule has 0 fully saturated rings. The number of carbonyl (C=O) groups is 1. The minimum Gasteiger partial charge on any atom is -0.294 e. The molecule has 0 bridgehead atoms. The number of benzene rings is 1. The number of hydrogen-bond donors (Lipinski definition) is 0. The van der Waals surface area contributed by atoms with Crippen molar-refractivity contribution in [2.75, 3.05) is 0 Å². The van der Waals surface area contributed by atoms with Crippen molar-refractivity contribution < 1.29 is 4.79 Å². The van der Waals surface area contributed by atoms with E-state index in [2.05, 4.69) is 26.0 Å². The molecule has 2 rings (SSSR count). The van der Waals surface area contributed by atoms with Gasteiger partial charge < -0.3 is 0 Å². The lowest BCUT2D eigenvalue weighted by atomic mass is 9.97. The van der Waals surface area contributed by atoms with Crippen LogP contribution in [0.25, 0.3) is 5.57 Å². The first kappa shape index (κ1) is 10.2. The molecule has 0 atom stereocenters. The van der Waals surface area contributed by atoms with Gasteiger partial charge in [-0.05, 0) is 24.0 Å². The van der Waals surface area contributed by atoms with Crippen molar-refractivity contribution in [2.24, 2.45) is 0 Å². The molecule has 0 radical (unpaired) electrons. The van der Waals surface area contributed by atoms with E-state index in [1.807, 2.05) is 12.1 Å². The lowest BCUT2D eigenvalue weighted by Gasteiger charge is -2.06. The Hall–Kier alpha value is -1.37. The maximum Gasteiger partial charge on any atom is 0.167 e. The van der Waals surface area contributed by atoms with Crippen LogP contribution in [0.1, 0.15) is 37.8 Å². The van der Waals surface area contributed by atoms with Gasteiger partial charge in [0.1, 0.15) is 0 Å². The maximum atomic E-state index is 11.9. The van der Waals surface area contributed by atoms with Crippen molar-refractivity contribution in [3.05, 3.63) is 41.0 Å². The van der Waals surface area contributed by atoms with Crippen LogP contribution in [0.2, 0.25) is 0 Å². The quantitative estimate of drug-likeness (QED) is 0.669. The van der Waals surface area contributed by atoms with Gasteiger partial charge >= 0.3 is 0 Å². The fourth-order valence-electron chi connectivity index (χ4n) is 2.32. The highest BCUT2D eigenvalue weighted by atomic mass is 16.1. The topological polar surface area (TPSA) is 17.1 Å². The summed E-state index contributed by atoms with van der Waals surface area (Å²) in [7, 11) is 0. The van der Waals surface area contributed by atoms with Gasteiger partial charge in [0.2, 0.25) is 0 Å². The molecular formula is C14H16O. The van der Waals surface area contributed by atoms with E-state index in [9.17, 15) is 4.79 Å². The van der Waals surface area contributed by atoms with Crippen LogP contribution < -0.4 is 0 Å². The van der Waals surface area contributed by atoms with Crippen molar-refractivity contribution in [1.29, 1.82) is 0 Å². The lowest BCUT2D eigenvalue weighted by Crippen LogP contribution is -1.98. The predicted octanol–water partition coefficient (Wildman–Crippen LogP) is 3.39. The molecule has 0 spiro atoms. The molecule has 1 nitrogen and oxygen atoms in total. The second kappa shape index (κ2) is 4.01. The Kier molecular flexibility index (Phi) is 2.72. The smallest absolute Gasteiger partial charge is 0.167 e. The van der Waals surface area contributed by atoms with E-state index in [4.69, 9.17) is 0 Å². The molecule has 15 heavy (non-hydrogen) atoms. The van der Waals surface area contributed by atoms with Crippen LogP contribution >= 0.6 is 0 Å². The van der Waals surface area contributed by atoms with E-state index in [1.54, 1.807) is 0 Å². The van der Waals surface area contributed by atoms with E-state index in [1.165, 1.54) is 16.7 Å². The van der Waals surface area contributed by atoms with Crippen LogP contribution in [0.5, 0.6) is 0 Å². The molecule has 0 aromatic heterocycles. The Morgan fingerprint density at radius 2 is 1.87 bits per heavy atom. The minimum atomic E-state index is 0.301. The van der Waals surface area contributed by atoms with E-state index in [-0.39, 0.29) is 0 Å². The van der Waals surface area contributed by atoms with Gasteiger partial charge in [-0.1, -0.05) is 43.7 Å². The third-order valence-electron chi connectivity index (χ3n) is 3.12. The zero-order valence-corrected chi connectivity index (χ0v) is 9.34. The molecule has 78 valence electrons. The molecule has 0 saturated carbocycles. The Morgan fingerprint density at radius 1 is 1.20 bits per heavy atom. The largest absolute Gasteiger partial charge is 0.294 e. The zero-order valence-electron chi connectivity index (χ0n) is 9.34. The van der Waals surface area contributed by atoms with E-state index >= 15 is 0 Å². The summed E-state index contributed by atoms with van der Waals surface area (Å²) in [6, 6.07) is 8.15. The molecule has 1 heteroatoms. The molecule has 0 unspecified atom stereocenters. The second-order valence-electron chi connectivity index (χ2n) is 3.94. The van der Waals surface area contributed by atoms with Crippen LogP contribution in [-0.4, -0.2) is 5.78 Å². The predicted molar refractivity (Wildman–Crippen MR) is 62.7 cm³/mol. The van der Waals surface area contributed by atoms with E-state index in [0.29, 0.717) is 12.2 Å². The fourth-order valence-corrected chi connectivity index (χ4v) is 2.32. The van der Waals surface area contributed by atoms with Crippen molar-refractivity contribution in [1.82, 2.24) is 0 Å². The monoisotopic (exact) mass is 200 g/mol. The summed E-state index contributed by atoms with van der Waals surface area (Å²) in [4.78, 5) is 11.9. The number of hydrogen-bond acceptors (Lipinski definition) is 1. The first-order valence-corrected chi connectivity index (χ1v) is 5.61. The Bertz CT molecular complexity index is 421. The Balaban J connectivity index is 2.59. The van der Waals surface area contributed by atoms with Crippen molar-refractivity contribution in [3.63, 3.8) is 0 Å². The molecule has 1 aliphatic rings. The second-order valence-corrected chi connectivity index (χ2v) is 3.94. The van der Waals surface area contributed by atoms with Crippen molar-refractivity contribution in [3.8, 4) is 0 Å². The number of allylic oxidation sites excluding steroid dienone is 2. The number of carbonyl (C=O) groups excluding carboxylic acids is 1. The van der Waals surface area contributed by atoms with Crippen LogP contribution in [-0.2, 0) is 11.2 Å². The summed E-state index contributed by atoms with van der Waals surface area (Å²) >= 11 is 0. The Morgan fingerprint density at radius 3 is 2.53 bits per heavy atom. The summed E-state index contributed by atoms with van der Waals surface area (Å²) < 4.78 is 0. The average molecular weight is 200 g/mol. The van der Waals surface area contributed by atoms with Crippen LogP contribution in [0, 0.1) is 0 Å². The molecule has 1 aliphatic carbocycles. The third kappa shape index (κ3) is 1.63. The van der Waals surface area contributed by atoms with Crippen LogP contribution in [0.15, 0.2) is 29.8 Å². The van der Waals surface area contributed by atoms with Gasteiger partial charge in [0.05, 0.1) is 0 Å². The lowest BCUT2D eigenvalue weighted by molar-refractivity contribution is -0.112. The number of fused-ring (bicyclic) bond motifs is 1. The molecule has 0 amide bonds. The van der Waals surface area contributed by atoms with Gasteiger partial charge in [-0.3, -0.25) is 4.79 Å². The summed E-state index contributed by atoms with van der Waals surface area (Å²) in [6.07, 6.45) is 2.55. The molecule has 1 aromatic carbocycles. The Labute approximate surface area is 90.8 Å². The van der Waals surface area contributed by atoms with Gasteiger partial charge in [0.15, 0.2) is 5.78 Å². The number of Topliss-reactive ketones (excluding diaryl/α,β-unsaturated/α-hetero) is 1. The van der Waals surface area contributed by atoms with Crippen molar-refractivity contribution in [2.45, 2.75) is 33.1 Å². The fraction of sp³-hybridized carbons (Fsp3) is 0.357. The number of rotatable bonds is 2. The molecule has 0 N–H and O–H groups in total. The summed E-state index contributed by atoms with van der Waals surface area (Å²) in [6.45, 7) is 4.25. The summed E-state index contributed by atoms with van der Waals surface area (Å²) in [5.41, 5.74) is 4.65. The first-order valence-electron chi connectivity index (χ1n) is 5.61. The standard InChI is InChI=1S/C14H16O/c1-3-10(4-2)14-12-8-6-5-7-11(12)9-13(14)15/h5-8H,3-4,9H2,1-2H3. The van der Waals surface area contributed by atoms with Gasteiger partial charge in [-0.2, -0.15) is 0 Å². The van der Waals surface area contributed by atoms with Gasteiger partial charge in [-0.25, -0.2) is 0 Å². The zero-order chi connectivity index (χ0) is 10.8. The number of ketones is 1. The van der Waals surface area contributed by atoms with Crippen LogP contribution in [0.4, 0.5) is 0 Å². The van der Waals surface area contributed by atoms with Crippen molar-refractivity contribution >= 4 is 11.4 Å².